The maximum Gasteiger partial charge on any atom is 0.211 e. The Morgan fingerprint density at radius 3 is 2.83 bits per heavy atom. The Kier molecular flexibility index (Phi) is 1.68. The summed E-state index contributed by atoms with van der Waals surface area (Å²) < 4.78 is 5.50. The van der Waals surface area contributed by atoms with Crippen LogP contribution in [0.5, 0.6) is 0 Å². The van der Waals surface area contributed by atoms with Crippen LogP contribution in [0, 0.1) is 5.92 Å². The minimum Gasteiger partial charge on any atom is -0.444 e. The molecule has 2 rings (SSSR count). The van der Waals surface area contributed by atoms with Gasteiger partial charge in [-0.15, -0.1) is 0 Å². The van der Waals surface area contributed by atoms with Crippen molar-refractivity contribution in [3.8, 4) is 0 Å². The molecule has 0 saturated heterocycles. The fourth-order valence-corrected chi connectivity index (χ4v) is 1.40. The van der Waals surface area contributed by atoms with Crippen LogP contribution in [0.4, 0.5) is 0 Å². The van der Waals surface area contributed by atoms with Crippen molar-refractivity contribution >= 4 is 0 Å². The summed E-state index contributed by atoms with van der Waals surface area (Å²) in [5.41, 5.74) is 5.63. The van der Waals surface area contributed by atoms with E-state index in [0.717, 1.165) is 11.7 Å². The lowest BCUT2D eigenvalue weighted by molar-refractivity contribution is 0.428. The van der Waals surface area contributed by atoms with E-state index in [2.05, 4.69) is 11.9 Å². The quantitative estimate of drug-likeness (QED) is 0.729. The van der Waals surface area contributed by atoms with Crippen LogP contribution < -0.4 is 5.73 Å². The average Bonchev–Trinajstić information content (AvgIpc) is 2.59. The lowest BCUT2D eigenvalue weighted by Crippen LogP contribution is -2.04. The van der Waals surface area contributed by atoms with Gasteiger partial charge in [0.15, 0.2) is 0 Å². The predicted octanol–water partition coefficient (Wildman–Crippen LogP) is 1.82. The van der Waals surface area contributed by atoms with Crippen LogP contribution in [0.3, 0.4) is 0 Å². The second kappa shape index (κ2) is 2.59. The number of hydrogen-bond donors (Lipinski definition) is 1. The van der Waals surface area contributed by atoms with Gasteiger partial charge in [0.2, 0.25) is 5.89 Å². The van der Waals surface area contributed by atoms with Gasteiger partial charge < -0.3 is 10.2 Å². The van der Waals surface area contributed by atoms with Crippen LogP contribution in [0.2, 0.25) is 0 Å². The minimum absolute atomic E-state index is 0.0900. The Balaban J connectivity index is 2.14. The molecule has 0 radical (unpaired) electrons. The van der Waals surface area contributed by atoms with E-state index in [1.165, 1.54) is 6.42 Å². The van der Waals surface area contributed by atoms with E-state index in [4.69, 9.17) is 10.2 Å². The molecule has 1 saturated carbocycles. The highest BCUT2D eigenvalue weighted by Gasteiger charge is 2.37. The molecule has 0 bridgehead atoms. The lowest BCUT2D eigenvalue weighted by atomic mass is 10.3. The van der Waals surface area contributed by atoms with Crippen LogP contribution >= 0.6 is 0 Å². The summed E-state index contributed by atoms with van der Waals surface area (Å²) in [6.45, 7) is 4.10. The zero-order valence-electron chi connectivity index (χ0n) is 7.45. The summed E-state index contributed by atoms with van der Waals surface area (Å²) in [5, 5.41) is 0. The predicted molar refractivity (Wildman–Crippen MR) is 45.6 cm³/mol. The second-order valence-corrected chi connectivity index (χ2v) is 3.71. The van der Waals surface area contributed by atoms with E-state index in [9.17, 15) is 0 Å². The molecule has 1 aromatic rings. The van der Waals surface area contributed by atoms with Gasteiger partial charge in [0.1, 0.15) is 5.76 Å². The summed E-state index contributed by atoms with van der Waals surface area (Å²) in [7, 11) is 0. The Bertz CT molecular complexity index is 280. The fourth-order valence-electron chi connectivity index (χ4n) is 1.40. The molecular formula is C9H14N2O. The first-order valence-corrected chi connectivity index (χ1v) is 4.39. The van der Waals surface area contributed by atoms with E-state index in [1.807, 2.05) is 13.1 Å². The zero-order chi connectivity index (χ0) is 8.72. The number of nitrogens with zero attached hydrogens (tertiary/aromatic N) is 1. The zero-order valence-corrected chi connectivity index (χ0v) is 7.45. The van der Waals surface area contributed by atoms with E-state index in [-0.39, 0.29) is 6.04 Å². The van der Waals surface area contributed by atoms with E-state index < -0.39 is 0 Å². The number of rotatable bonds is 2. The van der Waals surface area contributed by atoms with Crippen LogP contribution in [-0.2, 0) is 0 Å². The Morgan fingerprint density at radius 2 is 2.42 bits per heavy atom. The largest absolute Gasteiger partial charge is 0.444 e. The molecule has 1 fully saturated rings. The highest BCUT2D eigenvalue weighted by molar-refractivity contribution is 5.12. The molecule has 3 heteroatoms. The van der Waals surface area contributed by atoms with E-state index in [0.29, 0.717) is 11.8 Å². The molecule has 66 valence electrons. The van der Waals surface area contributed by atoms with Gasteiger partial charge in [-0.3, -0.25) is 0 Å². The molecule has 0 aliphatic heterocycles. The summed E-state index contributed by atoms with van der Waals surface area (Å²) in [6.07, 6.45) is 3.04. The summed E-state index contributed by atoms with van der Waals surface area (Å²) in [4.78, 5) is 4.12. The molecular weight excluding hydrogens is 152 g/mol. The van der Waals surface area contributed by atoms with Crippen LogP contribution in [0.15, 0.2) is 10.6 Å². The number of aromatic nitrogens is 1. The maximum atomic E-state index is 5.63. The molecule has 1 aliphatic carbocycles. The molecule has 3 nitrogen and oxygen atoms in total. The van der Waals surface area contributed by atoms with Gasteiger partial charge in [0.05, 0.1) is 12.2 Å². The third kappa shape index (κ3) is 1.25. The van der Waals surface area contributed by atoms with Crippen LogP contribution in [0.1, 0.15) is 43.9 Å². The monoisotopic (exact) mass is 166 g/mol. The lowest BCUT2D eigenvalue weighted by Gasteiger charge is -1.96. The van der Waals surface area contributed by atoms with E-state index in [1.54, 1.807) is 0 Å². The van der Waals surface area contributed by atoms with E-state index >= 15 is 0 Å². The molecule has 1 aromatic heterocycles. The molecule has 0 amide bonds. The van der Waals surface area contributed by atoms with Crippen molar-refractivity contribution in [1.29, 1.82) is 0 Å². The number of oxazole rings is 1. The van der Waals surface area contributed by atoms with Gasteiger partial charge in [-0.05, 0) is 19.3 Å². The highest BCUT2D eigenvalue weighted by atomic mass is 16.4. The Hall–Kier alpha value is -0.830. The third-order valence-electron chi connectivity index (χ3n) is 2.41. The summed E-state index contributed by atoms with van der Waals surface area (Å²) >= 11 is 0. The van der Waals surface area contributed by atoms with Crippen molar-refractivity contribution in [2.45, 2.75) is 32.2 Å². The van der Waals surface area contributed by atoms with Crippen LogP contribution in [-0.4, -0.2) is 4.98 Å². The minimum atomic E-state index is -0.0900. The first-order chi connectivity index (χ1) is 5.68. The standard InChI is InChI=1S/C9H14N2O/c1-5-3-7(5)8-4-11-9(12-8)6(2)10/h4-7H,3,10H2,1-2H3. The maximum absolute atomic E-state index is 5.63. The third-order valence-corrected chi connectivity index (χ3v) is 2.41. The van der Waals surface area contributed by atoms with Crippen molar-refractivity contribution in [3.05, 3.63) is 17.8 Å². The molecule has 0 spiro atoms. The molecule has 12 heavy (non-hydrogen) atoms. The first kappa shape index (κ1) is 7.80. The molecule has 3 unspecified atom stereocenters. The summed E-state index contributed by atoms with van der Waals surface area (Å²) in [5.74, 6) is 3.03. The Labute approximate surface area is 72.0 Å². The summed E-state index contributed by atoms with van der Waals surface area (Å²) in [6, 6.07) is -0.0900. The first-order valence-electron chi connectivity index (χ1n) is 4.39. The topological polar surface area (TPSA) is 52.0 Å². The van der Waals surface area contributed by atoms with Crippen molar-refractivity contribution in [2.24, 2.45) is 11.7 Å². The molecule has 1 aliphatic rings. The molecule has 3 atom stereocenters. The van der Waals surface area contributed by atoms with Crippen molar-refractivity contribution in [3.63, 3.8) is 0 Å². The van der Waals surface area contributed by atoms with Crippen molar-refractivity contribution < 1.29 is 4.42 Å². The normalized spacial score (nSPS) is 30.2. The van der Waals surface area contributed by atoms with Gasteiger partial charge >= 0.3 is 0 Å². The molecule has 1 heterocycles. The van der Waals surface area contributed by atoms with Crippen molar-refractivity contribution in [2.75, 3.05) is 0 Å². The number of nitrogens with two attached hydrogens (primary N) is 1. The highest BCUT2D eigenvalue weighted by Crippen LogP contribution is 2.47. The molecule has 0 aromatic carbocycles. The SMILES string of the molecule is CC(N)c1ncc(C2CC2C)o1. The van der Waals surface area contributed by atoms with Crippen LogP contribution in [0.25, 0.3) is 0 Å². The van der Waals surface area contributed by atoms with Gasteiger partial charge in [-0.2, -0.15) is 0 Å². The second-order valence-electron chi connectivity index (χ2n) is 3.71. The van der Waals surface area contributed by atoms with Gasteiger partial charge in [0.25, 0.3) is 0 Å². The Morgan fingerprint density at radius 1 is 1.75 bits per heavy atom. The van der Waals surface area contributed by atoms with Gasteiger partial charge in [-0.1, -0.05) is 6.92 Å². The van der Waals surface area contributed by atoms with Crippen molar-refractivity contribution in [1.82, 2.24) is 4.98 Å². The average molecular weight is 166 g/mol. The molecule has 2 N–H and O–H groups in total. The van der Waals surface area contributed by atoms with Gasteiger partial charge in [0, 0.05) is 5.92 Å². The fraction of sp³-hybridized carbons (Fsp3) is 0.667. The number of hydrogen-bond acceptors (Lipinski definition) is 3. The van der Waals surface area contributed by atoms with Gasteiger partial charge in [-0.25, -0.2) is 4.98 Å². The smallest absolute Gasteiger partial charge is 0.211 e.